The highest BCUT2D eigenvalue weighted by molar-refractivity contribution is 5.97. The molecule has 0 fully saturated rings. The number of nitrogens with one attached hydrogen (secondary N) is 1. The van der Waals surface area contributed by atoms with Crippen molar-refractivity contribution in [1.29, 1.82) is 0 Å². The molecule has 1 N–H and O–H groups in total. The third-order valence-electron chi connectivity index (χ3n) is 2.53. The first-order valence-electron chi connectivity index (χ1n) is 4.66. The summed E-state index contributed by atoms with van der Waals surface area (Å²) in [5, 5.41) is 2.81. The fraction of sp³-hybridized carbons (Fsp3) is 0.364. The number of anilines is 1. The van der Waals surface area contributed by atoms with Crippen LogP contribution in [0.5, 0.6) is 5.75 Å². The van der Waals surface area contributed by atoms with E-state index in [1.807, 2.05) is 26.0 Å². The largest absolute Gasteiger partial charge is 0.479 e. The lowest BCUT2D eigenvalue weighted by molar-refractivity contribution is -0.122. The van der Waals surface area contributed by atoms with Gasteiger partial charge in [0, 0.05) is 0 Å². The maximum atomic E-state index is 11.3. The molecule has 1 amide bonds. The summed E-state index contributed by atoms with van der Waals surface area (Å²) < 4.78 is 5.47. The van der Waals surface area contributed by atoms with Crippen molar-refractivity contribution in [3.63, 3.8) is 0 Å². The molecule has 1 aliphatic rings. The van der Waals surface area contributed by atoms with Crippen LogP contribution in [-0.2, 0) is 4.79 Å². The summed E-state index contributed by atoms with van der Waals surface area (Å²) in [4.78, 5) is 11.3. The second-order valence-corrected chi connectivity index (χ2v) is 3.68. The molecule has 1 atom stereocenters. The molecule has 1 aromatic carbocycles. The zero-order valence-electron chi connectivity index (χ0n) is 8.55. The Bertz CT molecular complexity index is 399. The van der Waals surface area contributed by atoms with Crippen LogP contribution in [0.15, 0.2) is 12.1 Å². The first-order chi connectivity index (χ1) is 6.58. The molecular formula is C11H13NO2. The molecule has 74 valence electrons. The third-order valence-corrected chi connectivity index (χ3v) is 2.53. The van der Waals surface area contributed by atoms with Crippen LogP contribution in [0.2, 0.25) is 0 Å². The Balaban J connectivity index is 2.47. The standard InChI is InChI=1S/C11H13NO2/c1-6-4-9-10(5-7(6)2)14-8(3)11(13)12-9/h4-5,8H,1-3H3,(H,12,13). The number of fused-ring (bicyclic) bond motifs is 1. The minimum absolute atomic E-state index is 0.0826. The average Bonchev–Trinajstić information content (AvgIpc) is 2.11. The molecule has 1 heterocycles. The van der Waals surface area contributed by atoms with E-state index in [4.69, 9.17) is 4.74 Å². The van der Waals surface area contributed by atoms with Crippen molar-refractivity contribution in [2.45, 2.75) is 26.9 Å². The van der Waals surface area contributed by atoms with Gasteiger partial charge in [-0.3, -0.25) is 4.79 Å². The van der Waals surface area contributed by atoms with Crippen LogP contribution in [0.25, 0.3) is 0 Å². The quantitative estimate of drug-likeness (QED) is 0.681. The Morgan fingerprint density at radius 3 is 2.64 bits per heavy atom. The molecule has 1 aliphatic heterocycles. The first kappa shape index (κ1) is 9.06. The van der Waals surface area contributed by atoms with Crippen molar-refractivity contribution >= 4 is 11.6 Å². The Morgan fingerprint density at radius 1 is 1.29 bits per heavy atom. The monoisotopic (exact) mass is 191 g/mol. The molecule has 0 saturated heterocycles. The molecule has 2 rings (SSSR count). The number of aryl methyl sites for hydroxylation is 2. The Labute approximate surface area is 83.1 Å². The van der Waals surface area contributed by atoms with Gasteiger partial charge >= 0.3 is 0 Å². The lowest BCUT2D eigenvalue weighted by Gasteiger charge is -2.24. The van der Waals surface area contributed by atoms with Gasteiger partial charge in [0.15, 0.2) is 6.10 Å². The minimum atomic E-state index is -0.399. The fourth-order valence-corrected chi connectivity index (χ4v) is 1.46. The van der Waals surface area contributed by atoms with Crippen molar-refractivity contribution in [1.82, 2.24) is 0 Å². The molecule has 0 saturated carbocycles. The van der Waals surface area contributed by atoms with E-state index in [1.165, 1.54) is 5.56 Å². The first-order valence-corrected chi connectivity index (χ1v) is 4.66. The number of rotatable bonds is 0. The fourth-order valence-electron chi connectivity index (χ4n) is 1.46. The van der Waals surface area contributed by atoms with Crippen LogP contribution in [-0.4, -0.2) is 12.0 Å². The summed E-state index contributed by atoms with van der Waals surface area (Å²) in [6, 6.07) is 3.90. The maximum absolute atomic E-state index is 11.3. The van der Waals surface area contributed by atoms with Gasteiger partial charge in [-0.15, -0.1) is 0 Å². The average molecular weight is 191 g/mol. The second-order valence-electron chi connectivity index (χ2n) is 3.68. The van der Waals surface area contributed by atoms with Gasteiger partial charge in [0.1, 0.15) is 5.75 Å². The van der Waals surface area contributed by atoms with Gasteiger partial charge in [0.05, 0.1) is 5.69 Å². The van der Waals surface area contributed by atoms with E-state index in [-0.39, 0.29) is 5.91 Å². The predicted octanol–water partition coefficient (Wildman–Crippen LogP) is 2.02. The van der Waals surface area contributed by atoms with Gasteiger partial charge in [-0.25, -0.2) is 0 Å². The summed E-state index contributed by atoms with van der Waals surface area (Å²) in [6.07, 6.45) is -0.399. The number of ether oxygens (including phenoxy) is 1. The van der Waals surface area contributed by atoms with E-state index in [1.54, 1.807) is 6.92 Å². The number of hydrogen-bond donors (Lipinski definition) is 1. The van der Waals surface area contributed by atoms with E-state index in [0.29, 0.717) is 0 Å². The Hall–Kier alpha value is -1.51. The molecule has 3 heteroatoms. The lowest BCUT2D eigenvalue weighted by atomic mass is 10.1. The zero-order valence-corrected chi connectivity index (χ0v) is 8.55. The Morgan fingerprint density at radius 2 is 1.93 bits per heavy atom. The van der Waals surface area contributed by atoms with Gasteiger partial charge in [-0.1, -0.05) is 0 Å². The highest BCUT2D eigenvalue weighted by Gasteiger charge is 2.23. The highest BCUT2D eigenvalue weighted by Crippen LogP contribution is 2.32. The number of carbonyl (C=O) groups excluding carboxylic acids is 1. The lowest BCUT2D eigenvalue weighted by Crippen LogP contribution is -2.34. The molecule has 1 aromatic rings. The Kier molecular flexibility index (Phi) is 1.95. The second kappa shape index (κ2) is 3.01. The number of benzene rings is 1. The minimum Gasteiger partial charge on any atom is -0.479 e. The van der Waals surface area contributed by atoms with Crippen LogP contribution in [0, 0.1) is 13.8 Å². The molecule has 0 spiro atoms. The van der Waals surface area contributed by atoms with Crippen molar-refractivity contribution in [3.8, 4) is 5.75 Å². The number of carbonyl (C=O) groups is 1. The van der Waals surface area contributed by atoms with Crippen molar-refractivity contribution in [2.24, 2.45) is 0 Å². The van der Waals surface area contributed by atoms with Crippen molar-refractivity contribution in [3.05, 3.63) is 23.3 Å². The number of amides is 1. The van der Waals surface area contributed by atoms with Gasteiger partial charge in [-0.05, 0) is 44.0 Å². The van der Waals surface area contributed by atoms with E-state index in [2.05, 4.69) is 5.32 Å². The van der Waals surface area contributed by atoms with Gasteiger partial charge < -0.3 is 10.1 Å². The summed E-state index contributed by atoms with van der Waals surface area (Å²) >= 11 is 0. The molecule has 14 heavy (non-hydrogen) atoms. The molecule has 1 unspecified atom stereocenters. The molecule has 0 bridgehead atoms. The van der Waals surface area contributed by atoms with Gasteiger partial charge in [0.25, 0.3) is 5.91 Å². The van der Waals surface area contributed by atoms with E-state index >= 15 is 0 Å². The topological polar surface area (TPSA) is 38.3 Å². The van der Waals surface area contributed by atoms with Gasteiger partial charge in [-0.2, -0.15) is 0 Å². The van der Waals surface area contributed by atoms with E-state index in [9.17, 15) is 4.79 Å². The maximum Gasteiger partial charge on any atom is 0.265 e. The van der Waals surface area contributed by atoms with Gasteiger partial charge in [0.2, 0.25) is 0 Å². The molecule has 0 aromatic heterocycles. The normalized spacial score (nSPS) is 19.6. The highest BCUT2D eigenvalue weighted by atomic mass is 16.5. The van der Waals surface area contributed by atoms with Crippen molar-refractivity contribution in [2.75, 3.05) is 5.32 Å². The molecular weight excluding hydrogens is 178 g/mol. The van der Waals surface area contributed by atoms with Crippen molar-refractivity contribution < 1.29 is 9.53 Å². The van der Waals surface area contributed by atoms with Crippen LogP contribution < -0.4 is 10.1 Å². The van der Waals surface area contributed by atoms with Crippen LogP contribution in [0.3, 0.4) is 0 Å². The molecule has 0 aliphatic carbocycles. The summed E-state index contributed by atoms with van der Waals surface area (Å²) in [5.41, 5.74) is 3.10. The molecule has 3 nitrogen and oxygen atoms in total. The van der Waals surface area contributed by atoms with E-state index in [0.717, 1.165) is 17.0 Å². The molecule has 0 radical (unpaired) electrons. The predicted molar refractivity (Wildman–Crippen MR) is 54.6 cm³/mol. The summed E-state index contributed by atoms with van der Waals surface area (Å²) in [5.74, 6) is 0.681. The van der Waals surface area contributed by atoms with Crippen LogP contribution in [0.4, 0.5) is 5.69 Å². The zero-order chi connectivity index (χ0) is 10.3. The third kappa shape index (κ3) is 1.35. The SMILES string of the molecule is Cc1cc2c(cc1C)OC(C)C(=O)N2. The van der Waals surface area contributed by atoms with E-state index < -0.39 is 6.10 Å². The summed E-state index contributed by atoms with van der Waals surface area (Å²) in [7, 11) is 0. The van der Waals surface area contributed by atoms with Crippen LogP contribution >= 0.6 is 0 Å². The summed E-state index contributed by atoms with van der Waals surface area (Å²) in [6.45, 7) is 5.79. The van der Waals surface area contributed by atoms with Crippen LogP contribution in [0.1, 0.15) is 18.1 Å². The number of hydrogen-bond acceptors (Lipinski definition) is 2. The smallest absolute Gasteiger partial charge is 0.265 e.